The zero-order valence-electron chi connectivity index (χ0n) is 9.93. The zero-order valence-corrected chi connectivity index (χ0v) is 10.7. The fraction of sp³-hybridized carbons (Fsp3) is 0.500. The molecule has 0 saturated carbocycles. The molecule has 0 aromatic heterocycles. The minimum Gasteiger partial charge on any atom is -0.496 e. The van der Waals surface area contributed by atoms with E-state index >= 15 is 0 Å². The van der Waals surface area contributed by atoms with Gasteiger partial charge in [-0.3, -0.25) is 0 Å². The first-order chi connectivity index (χ1) is 8.31. The molecule has 0 fully saturated rings. The summed E-state index contributed by atoms with van der Waals surface area (Å²) in [5.41, 5.74) is 6.41. The summed E-state index contributed by atoms with van der Waals surface area (Å²) in [5, 5.41) is 0.508. The van der Waals surface area contributed by atoms with E-state index in [1.54, 1.807) is 18.2 Å². The van der Waals surface area contributed by atoms with E-state index in [-0.39, 0.29) is 6.42 Å². The average Bonchev–Trinajstić information content (AvgIpc) is 2.26. The summed E-state index contributed by atoms with van der Waals surface area (Å²) in [6, 6.07) is 4.42. The van der Waals surface area contributed by atoms with Crippen molar-refractivity contribution < 1.29 is 17.9 Å². The molecule has 1 atom stereocenters. The zero-order chi connectivity index (χ0) is 13.8. The highest BCUT2D eigenvalue weighted by Gasteiger charge is 2.27. The lowest BCUT2D eigenvalue weighted by Gasteiger charge is -2.15. The maximum atomic E-state index is 12.1. The number of rotatable bonds is 5. The van der Waals surface area contributed by atoms with Gasteiger partial charge in [-0.05, 0) is 36.6 Å². The Hall–Kier alpha value is -0.940. The molecule has 102 valence electrons. The van der Waals surface area contributed by atoms with Gasteiger partial charge in [-0.15, -0.1) is 0 Å². The third-order valence-electron chi connectivity index (χ3n) is 2.52. The standard InChI is InChI=1S/C12H15ClF3NO/c1-18-11-3-2-9(13)6-8(11)7-10(17)4-5-12(14,15)16/h2-3,6,10H,4-5,7,17H2,1H3. The van der Waals surface area contributed by atoms with Crippen LogP contribution in [0.4, 0.5) is 13.2 Å². The number of hydrogen-bond donors (Lipinski definition) is 1. The van der Waals surface area contributed by atoms with Gasteiger partial charge in [-0.25, -0.2) is 0 Å². The Kier molecular flexibility index (Phi) is 5.28. The van der Waals surface area contributed by atoms with Crippen LogP contribution in [-0.2, 0) is 6.42 Å². The van der Waals surface area contributed by atoms with E-state index < -0.39 is 18.6 Å². The molecule has 0 spiro atoms. The van der Waals surface area contributed by atoms with Gasteiger partial charge in [0.15, 0.2) is 0 Å². The van der Waals surface area contributed by atoms with Gasteiger partial charge in [-0.2, -0.15) is 13.2 Å². The molecule has 0 heterocycles. The van der Waals surface area contributed by atoms with Crippen molar-refractivity contribution in [2.75, 3.05) is 7.11 Å². The Morgan fingerprint density at radius 3 is 2.61 bits per heavy atom. The highest BCUT2D eigenvalue weighted by molar-refractivity contribution is 6.30. The molecule has 1 rings (SSSR count). The smallest absolute Gasteiger partial charge is 0.389 e. The molecule has 2 N–H and O–H groups in total. The summed E-state index contributed by atoms with van der Waals surface area (Å²) < 4.78 is 41.3. The molecule has 0 aliphatic carbocycles. The summed E-state index contributed by atoms with van der Waals surface area (Å²) in [6.45, 7) is 0. The van der Waals surface area contributed by atoms with E-state index in [9.17, 15) is 13.2 Å². The summed E-state index contributed by atoms with van der Waals surface area (Å²) in [7, 11) is 1.49. The predicted octanol–water partition coefficient (Wildman–Crippen LogP) is 3.56. The van der Waals surface area contributed by atoms with Gasteiger partial charge in [-0.1, -0.05) is 11.6 Å². The Balaban J connectivity index is 2.63. The molecule has 0 bridgehead atoms. The molecular weight excluding hydrogens is 267 g/mol. The number of methoxy groups -OCH3 is 1. The first-order valence-corrected chi connectivity index (χ1v) is 5.84. The third kappa shape index (κ3) is 5.14. The molecule has 0 radical (unpaired) electrons. The Bertz CT molecular complexity index is 395. The molecular formula is C12H15ClF3NO. The quantitative estimate of drug-likeness (QED) is 0.896. The SMILES string of the molecule is COc1ccc(Cl)cc1CC(N)CCC(F)(F)F. The monoisotopic (exact) mass is 281 g/mol. The molecule has 1 unspecified atom stereocenters. The number of nitrogens with two attached hydrogens (primary N) is 1. The number of benzene rings is 1. The van der Waals surface area contributed by atoms with Crippen molar-refractivity contribution >= 4 is 11.6 Å². The Morgan fingerprint density at radius 1 is 1.39 bits per heavy atom. The number of alkyl halides is 3. The van der Waals surface area contributed by atoms with Crippen LogP contribution in [0.2, 0.25) is 5.02 Å². The number of ether oxygens (including phenoxy) is 1. The Labute approximate surface area is 109 Å². The molecule has 1 aromatic carbocycles. The largest absolute Gasteiger partial charge is 0.496 e. The van der Waals surface area contributed by atoms with Crippen molar-refractivity contribution in [3.8, 4) is 5.75 Å². The lowest BCUT2D eigenvalue weighted by Crippen LogP contribution is -2.25. The molecule has 0 amide bonds. The maximum absolute atomic E-state index is 12.1. The van der Waals surface area contributed by atoms with Crippen LogP contribution in [-0.4, -0.2) is 19.3 Å². The lowest BCUT2D eigenvalue weighted by molar-refractivity contribution is -0.136. The van der Waals surface area contributed by atoms with E-state index in [4.69, 9.17) is 22.1 Å². The van der Waals surface area contributed by atoms with Gasteiger partial charge in [0, 0.05) is 17.5 Å². The summed E-state index contributed by atoms with van der Waals surface area (Å²) >= 11 is 5.83. The van der Waals surface area contributed by atoms with Crippen LogP contribution < -0.4 is 10.5 Å². The van der Waals surface area contributed by atoms with Crippen LogP contribution in [0.5, 0.6) is 5.75 Å². The predicted molar refractivity (Wildman–Crippen MR) is 65.0 cm³/mol. The fourth-order valence-corrected chi connectivity index (χ4v) is 1.83. The van der Waals surface area contributed by atoms with Crippen LogP contribution in [0.3, 0.4) is 0 Å². The maximum Gasteiger partial charge on any atom is 0.389 e. The van der Waals surface area contributed by atoms with E-state index in [0.29, 0.717) is 17.2 Å². The minimum atomic E-state index is -4.17. The van der Waals surface area contributed by atoms with Gasteiger partial charge in [0.25, 0.3) is 0 Å². The van der Waals surface area contributed by atoms with Crippen molar-refractivity contribution in [3.05, 3.63) is 28.8 Å². The highest BCUT2D eigenvalue weighted by atomic mass is 35.5. The normalized spacial score (nSPS) is 13.4. The molecule has 6 heteroatoms. The van der Waals surface area contributed by atoms with Gasteiger partial charge < -0.3 is 10.5 Å². The second-order valence-electron chi connectivity index (χ2n) is 4.07. The molecule has 1 aromatic rings. The highest BCUT2D eigenvalue weighted by Crippen LogP contribution is 2.26. The van der Waals surface area contributed by atoms with Crippen molar-refractivity contribution in [1.29, 1.82) is 0 Å². The van der Waals surface area contributed by atoms with E-state index in [1.807, 2.05) is 0 Å². The van der Waals surface area contributed by atoms with Gasteiger partial charge in [0.2, 0.25) is 0 Å². The third-order valence-corrected chi connectivity index (χ3v) is 2.76. The fourth-order valence-electron chi connectivity index (χ4n) is 1.64. The van der Waals surface area contributed by atoms with Crippen molar-refractivity contribution in [2.45, 2.75) is 31.5 Å². The van der Waals surface area contributed by atoms with Crippen LogP contribution in [0.15, 0.2) is 18.2 Å². The number of halogens is 4. The molecule has 2 nitrogen and oxygen atoms in total. The first-order valence-electron chi connectivity index (χ1n) is 5.46. The molecule has 0 aliphatic rings. The van der Waals surface area contributed by atoms with E-state index in [2.05, 4.69) is 0 Å². The van der Waals surface area contributed by atoms with Crippen LogP contribution >= 0.6 is 11.6 Å². The van der Waals surface area contributed by atoms with Crippen molar-refractivity contribution in [1.82, 2.24) is 0 Å². The minimum absolute atomic E-state index is 0.112. The van der Waals surface area contributed by atoms with E-state index in [0.717, 1.165) is 5.56 Å². The second-order valence-corrected chi connectivity index (χ2v) is 4.51. The molecule has 0 aliphatic heterocycles. The topological polar surface area (TPSA) is 35.2 Å². The summed E-state index contributed by atoms with van der Waals surface area (Å²) in [5.74, 6) is 0.585. The Morgan fingerprint density at radius 2 is 2.06 bits per heavy atom. The van der Waals surface area contributed by atoms with Crippen LogP contribution in [0, 0.1) is 0 Å². The lowest BCUT2D eigenvalue weighted by atomic mass is 10.0. The molecule has 18 heavy (non-hydrogen) atoms. The summed E-state index contributed by atoms with van der Waals surface area (Å²) in [6.07, 6.45) is -4.86. The number of hydrogen-bond acceptors (Lipinski definition) is 2. The molecule has 0 saturated heterocycles. The summed E-state index contributed by atoms with van der Waals surface area (Å²) in [4.78, 5) is 0. The van der Waals surface area contributed by atoms with Crippen molar-refractivity contribution in [3.63, 3.8) is 0 Å². The first kappa shape index (κ1) is 15.1. The van der Waals surface area contributed by atoms with Crippen LogP contribution in [0.25, 0.3) is 0 Å². The van der Waals surface area contributed by atoms with Crippen LogP contribution in [0.1, 0.15) is 18.4 Å². The van der Waals surface area contributed by atoms with Crippen molar-refractivity contribution in [2.24, 2.45) is 5.73 Å². The van der Waals surface area contributed by atoms with Gasteiger partial charge >= 0.3 is 6.18 Å². The van der Waals surface area contributed by atoms with Gasteiger partial charge in [0.05, 0.1) is 7.11 Å². The average molecular weight is 282 g/mol. The van der Waals surface area contributed by atoms with E-state index in [1.165, 1.54) is 7.11 Å². The second kappa shape index (κ2) is 6.29. The van der Waals surface area contributed by atoms with Gasteiger partial charge in [0.1, 0.15) is 5.75 Å².